The normalized spacial score (nSPS) is 11.3. The largest absolute Gasteiger partial charge is 0.401 e. The van der Waals surface area contributed by atoms with Crippen LogP contribution in [0.5, 0.6) is 0 Å². The molecule has 0 aliphatic heterocycles. The lowest BCUT2D eigenvalue weighted by atomic mass is 10.2. The summed E-state index contributed by atoms with van der Waals surface area (Å²) in [6.07, 6.45) is -4.33. The van der Waals surface area contributed by atoms with E-state index in [9.17, 15) is 18.0 Å². The molecular weight excluding hydrogens is 249 g/mol. The Morgan fingerprint density at radius 2 is 1.83 bits per heavy atom. The summed E-state index contributed by atoms with van der Waals surface area (Å²) in [6, 6.07) is 6.35. The molecule has 1 rings (SSSR count). The molecule has 100 valence electrons. The molecule has 0 fully saturated rings. The highest BCUT2D eigenvalue weighted by atomic mass is 19.4. The maximum Gasteiger partial charge on any atom is 0.401 e. The SMILES string of the molecule is O=C(CNCC(F)(F)F)Nc1ccc(CO)cc1. The van der Waals surface area contributed by atoms with E-state index in [-0.39, 0.29) is 6.61 Å². The van der Waals surface area contributed by atoms with E-state index in [1.165, 1.54) is 0 Å². The van der Waals surface area contributed by atoms with E-state index in [4.69, 9.17) is 5.11 Å². The fourth-order valence-electron chi connectivity index (χ4n) is 1.22. The van der Waals surface area contributed by atoms with Crippen LogP contribution >= 0.6 is 0 Å². The van der Waals surface area contributed by atoms with Gasteiger partial charge in [-0.05, 0) is 17.7 Å². The van der Waals surface area contributed by atoms with E-state index in [0.717, 1.165) is 0 Å². The first-order chi connectivity index (χ1) is 8.40. The molecule has 1 aromatic carbocycles. The maximum atomic E-state index is 11.8. The fourth-order valence-corrected chi connectivity index (χ4v) is 1.22. The second kappa shape index (κ2) is 6.36. The smallest absolute Gasteiger partial charge is 0.392 e. The number of nitrogens with one attached hydrogen (secondary N) is 2. The number of aliphatic hydroxyl groups excluding tert-OH is 1. The summed E-state index contributed by atoms with van der Waals surface area (Å²) in [4.78, 5) is 11.3. The van der Waals surface area contributed by atoms with Crippen LogP contribution in [0, 0.1) is 0 Å². The zero-order valence-corrected chi connectivity index (χ0v) is 9.42. The van der Waals surface area contributed by atoms with Crippen LogP contribution in [0.4, 0.5) is 18.9 Å². The van der Waals surface area contributed by atoms with E-state index >= 15 is 0 Å². The lowest BCUT2D eigenvalue weighted by Crippen LogP contribution is -2.35. The maximum absolute atomic E-state index is 11.8. The summed E-state index contributed by atoms with van der Waals surface area (Å²) in [7, 11) is 0. The molecule has 0 saturated carbocycles. The zero-order valence-electron chi connectivity index (χ0n) is 9.42. The molecule has 0 aliphatic carbocycles. The minimum atomic E-state index is -4.33. The summed E-state index contributed by atoms with van der Waals surface area (Å²) in [5.41, 5.74) is 1.15. The van der Waals surface area contributed by atoms with Crippen LogP contribution in [0.25, 0.3) is 0 Å². The molecule has 3 N–H and O–H groups in total. The van der Waals surface area contributed by atoms with E-state index in [2.05, 4.69) is 5.32 Å². The molecule has 7 heteroatoms. The van der Waals surface area contributed by atoms with Crippen molar-refractivity contribution in [3.05, 3.63) is 29.8 Å². The number of aliphatic hydroxyl groups is 1. The second-order valence-corrected chi connectivity index (χ2v) is 3.62. The summed E-state index contributed by atoms with van der Waals surface area (Å²) < 4.78 is 35.4. The first-order valence-electron chi connectivity index (χ1n) is 5.18. The lowest BCUT2D eigenvalue weighted by molar-refractivity contribution is -0.126. The molecule has 0 saturated heterocycles. The Labute approximate surface area is 102 Å². The number of rotatable bonds is 5. The Bertz CT molecular complexity index is 390. The zero-order chi connectivity index (χ0) is 13.6. The van der Waals surface area contributed by atoms with Gasteiger partial charge in [-0.2, -0.15) is 13.2 Å². The van der Waals surface area contributed by atoms with E-state index in [0.29, 0.717) is 11.3 Å². The quantitative estimate of drug-likeness (QED) is 0.749. The summed E-state index contributed by atoms with van der Waals surface area (Å²) in [6.45, 7) is -1.73. The van der Waals surface area contributed by atoms with Crippen LogP contribution in [-0.4, -0.2) is 30.3 Å². The van der Waals surface area contributed by atoms with Gasteiger partial charge in [0.2, 0.25) is 5.91 Å². The van der Waals surface area contributed by atoms with Crippen molar-refractivity contribution in [1.29, 1.82) is 0 Å². The number of anilines is 1. The summed E-state index contributed by atoms with van der Waals surface area (Å²) >= 11 is 0. The Morgan fingerprint density at radius 1 is 1.22 bits per heavy atom. The van der Waals surface area contributed by atoms with Gasteiger partial charge in [0.15, 0.2) is 0 Å². The van der Waals surface area contributed by atoms with Gasteiger partial charge < -0.3 is 15.7 Å². The van der Waals surface area contributed by atoms with Gasteiger partial charge in [0.1, 0.15) is 0 Å². The highest BCUT2D eigenvalue weighted by Gasteiger charge is 2.26. The standard InChI is InChI=1S/C11H13F3N2O2/c12-11(13,14)7-15-5-10(18)16-9-3-1-8(6-17)2-4-9/h1-4,15,17H,5-7H2,(H,16,18). The van der Waals surface area contributed by atoms with Crippen molar-refractivity contribution in [3.63, 3.8) is 0 Å². The first-order valence-corrected chi connectivity index (χ1v) is 5.18. The number of benzene rings is 1. The van der Waals surface area contributed by atoms with Crippen molar-refractivity contribution in [1.82, 2.24) is 5.32 Å². The molecule has 0 heterocycles. The van der Waals surface area contributed by atoms with Crippen molar-refractivity contribution >= 4 is 11.6 Å². The number of hydrogen-bond donors (Lipinski definition) is 3. The van der Waals surface area contributed by atoms with Crippen LogP contribution in [0.2, 0.25) is 0 Å². The highest BCUT2D eigenvalue weighted by Crippen LogP contribution is 2.12. The van der Waals surface area contributed by atoms with Crippen LogP contribution < -0.4 is 10.6 Å². The van der Waals surface area contributed by atoms with Crippen molar-refractivity contribution < 1.29 is 23.1 Å². The third-order valence-corrected chi connectivity index (χ3v) is 2.03. The van der Waals surface area contributed by atoms with Crippen molar-refractivity contribution in [2.24, 2.45) is 0 Å². The van der Waals surface area contributed by atoms with Gasteiger partial charge in [-0.1, -0.05) is 12.1 Å². The average Bonchev–Trinajstić information content (AvgIpc) is 2.28. The Balaban J connectivity index is 2.35. The molecule has 0 spiro atoms. The van der Waals surface area contributed by atoms with Gasteiger partial charge in [-0.15, -0.1) is 0 Å². The Hall–Kier alpha value is -1.60. The molecule has 4 nitrogen and oxygen atoms in total. The third-order valence-electron chi connectivity index (χ3n) is 2.03. The molecule has 1 amide bonds. The van der Waals surface area contributed by atoms with Crippen LogP contribution in [0.15, 0.2) is 24.3 Å². The lowest BCUT2D eigenvalue weighted by Gasteiger charge is -2.09. The van der Waals surface area contributed by atoms with E-state index in [1.807, 2.05) is 5.32 Å². The van der Waals surface area contributed by atoms with Gasteiger partial charge in [-0.3, -0.25) is 4.79 Å². The molecule has 0 unspecified atom stereocenters. The first kappa shape index (κ1) is 14.5. The predicted molar refractivity (Wildman–Crippen MR) is 59.9 cm³/mol. The molecule has 0 bridgehead atoms. The van der Waals surface area contributed by atoms with Gasteiger partial charge in [-0.25, -0.2) is 0 Å². The van der Waals surface area contributed by atoms with Crippen LogP contribution in [-0.2, 0) is 11.4 Å². The topological polar surface area (TPSA) is 61.4 Å². The van der Waals surface area contributed by atoms with E-state index in [1.54, 1.807) is 24.3 Å². The summed E-state index contributed by atoms with van der Waals surface area (Å²) in [5, 5.41) is 13.2. The number of alkyl halides is 3. The molecule has 0 aromatic heterocycles. The van der Waals surface area contributed by atoms with Gasteiger partial charge in [0, 0.05) is 5.69 Å². The fraction of sp³-hybridized carbons (Fsp3) is 0.364. The number of halogens is 3. The van der Waals surface area contributed by atoms with Gasteiger partial charge in [0.05, 0.1) is 19.7 Å². The number of carbonyl (C=O) groups excluding carboxylic acids is 1. The number of amides is 1. The summed E-state index contributed by atoms with van der Waals surface area (Å²) in [5.74, 6) is -0.559. The van der Waals surface area contributed by atoms with Crippen molar-refractivity contribution in [3.8, 4) is 0 Å². The second-order valence-electron chi connectivity index (χ2n) is 3.62. The number of hydrogen-bond acceptors (Lipinski definition) is 3. The van der Waals surface area contributed by atoms with Gasteiger partial charge in [0.25, 0.3) is 0 Å². The molecule has 0 atom stereocenters. The monoisotopic (exact) mass is 262 g/mol. The third kappa shape index (κ3) is 5.65. The van der Waals surface area contributed by atoms with Crippen LogP contribution in [0.3, 0.4) is 0 Å². The predicted octanol–water partition coefficient (Wildman–Crippen LogP) is 1.27. The van der Waals surface area contributed by atoms with E-state index < -0.39 is 25.2 Å². The number of carbonyl (C=O) groups is 1. The van der Waals surface area contributed by atoms with Crippen molar-refractivity contribution in [2.75, 3.05) is 18.4 Å². The van der Waals surface area contributed by atoms with Crippen LogP contribution in [0.1, 0.15) is 5.56 Å². The molecule has 18 heavy (non-hydrogen) atoms. The minimum Gasteiger partial charge on any atom is -0.392 e. The van der Waals surface area contributed by atoms with Gasteiger partial charge >= 0.3 is 6.18 Å². The molecule has 0 radical (unpaired) electrons. The average molecular weight is 262 g/mol. The highest BCUT2D eigenvalue weighted by molar-refractivity contribution is 5.92. The minimum absolute atomic E-state index is 0.110. The molecular formula is C11H13F3N2O2. The van der Waals surface area contributed by atoms with Crippen molar-refractivity contribution in [2.45, 2.75) is 12.8 Å². The Kier molecular flexibility index (Phi) is 5.11. The molecule has 0 aliphatic rings. The molecule has 1 aromatic rings. The Morgan fingerprint density at radius 3 is 2.33 bits per heavy atom.